The lowest BCUT2D eigenvalue weighted by Gasteiger charge is -2.33. The summed E-state index contributed by atoms with van der Waals surface area (Å²) in [7, 11) is 0. The first kappa shape index (κ1) is 17.2. The molecule has 2 atom stereocenters. The molecule has 5 heteroatoms. The number of likely N-dealkylation sites (tertiary alicyclic amines) is 1. The number of fused-ring (bicyclic) bond motifs is 1. The molecule has 0 spiro atoms. The minimum atomic E-state index is -0.541. The van der Waals surface area contributed by atoms with E-state index in [0.717, 1.165) is 43.6 Å². The van der Waals surface area contributed by atoms with Gasteiger partial charge in [-0.25, -0.2) is 4.79 Å². The number of aliphatic hydroxyl groups excluding tert-OH is 1. The molecule has 1 aromatic rings. The summed E-state index contributed by atoms with van der Waals surface area (Å²) in [5, 5.41) is 16.3. The van der Waals surface area contributed by atoms with Crippen LogP contribution >= 0.6 is 0 Å². The van der Waals surface area contributed by atoms with E-state index in [2.05, 4.69) is 29.4 Å². The number of piperidine rings is 1. The number of hydrogen-bond donors (Lipinski definition) is 3. The Morgan fingerprint density at radius 1 is 1.25 bits per heavy atom. The lowest BCUT2D eigenvalue weighted by atomic mass is 10.0. The summed E-state index contributed by atoms with van der Waals surface area (Å²) in [4.78, 5) is 14.8. The van der Waals surface area contributed by atoms with Crippen molar-refractivity contribution in [3.8, 4) is 0 Å². The number of carbonyl (C=O) groups excluding carboxylic acids is 1. The van der Waals surface area contributed by atoms with Gasteiger partial charge in [-0.05, 0) is 29.9 Å². The second-order valence-electron chi connectivity index (χ2n) is 7.53. The van der Waals surface area contributed by atoms with Crippen LogP contribution in [0, 0.1) is 5.92 Å². The molecule has 2 aliphatic rings. The summed E-state index contributed by atoms with van der Waals surface area (Å²) in [5.74, 6) is 0.682. The zero-order chi connectivity index (χ0) is 17.1. The highest BCUT2D eigenvalue weighted by atomic mass is 16.3. The van der Waals surface area contributed by atoms with Crippen LogP contribution in [0.1, 0.15) is 43.9 Å². The molecule has 5 nitrogen and oxygen atoms in total. The van der Waals surface area contributed by atoms with Crippen molar-refractivity contribution in [1.82, 2.24) is 15.5 Å². The van der Waals surface area contributed by atoms with Crippen LogP contribution in [0.4, 0.5) is 4.79 Å². The first-order chi connectivity index (χ1) is 11.5. The molecule has 0 bridgehead atoms. The van der Waals surface area contributed by atoms with Crippen molar-refractivity contribution in [2.24, 2.45) is 5.92 Å². The van der Waals surface area contributed by atoms with Gasteiger partial charge in [-0.1, -0.05) is 38.1 Å². The van der Waals surface area contributed by atoms with Crippen molar-refractivity contribution in [2.45, 2.75) is 51.3 Å². The molecule has 3 N–H and O–H groups in total. The lowest BCUT2D eigenvalue weighted by Crippen LogP contribution is -2.49. The highest BCUT2D eigenvalue weighted by Crippen LogP contribution is 2.31. The van der Waals surface area contributed by atoms with Gasteiger partial charge in [0.05, 0.1) is 12.1 Å². The van der Waals surface area contributed by atoms with E-state index in [1.54, 1.807) is 0 Å². The quantitative estimate of drug-likeness (QED) is 0.791. The summed E-state index contributed by atoms with van der Waals surface area (Å²) in [6.45, 7) is 7.69. The monoisotopic (exact) mass is 331 g/mol. The fourth-order valence-electron chi connectivity index (χ4n) is 3.89. The van der Waals surface area contributed by atoms with Crippen molar-refractivity contribution in [1.29, 1.82) is 0 Å². The van der Waals surface area contributed by atoms with Crippen molar-refractivity contribution in [3.63, 3.8) is 0 Å². The van der Waals surface area contributed by atoms with Gasteiger partial charge in [0, 0.05) is 32.1 Å². The minimum Gasteiger partial charge on any atom is -0.390 e. The van der Waals surface area contributed by atoms with E-state index in [1.807, 2.05) is 24.3 Å². The molecular formula is C19H29N3O2. The zero-order valence-corrected chi connectivity index (χ0v) is 14.7. The predicted octanol–water partition coefficient (Wildman–Crippen LogP) is 2.06. The molecule has 3 rings (SSSR count). The van der Waals surface area contributed by atoms with Gasteiger partial charge in [-0.2, -0.15) is 0 Å². The van der Waals surface area contributed by atoms with Crippen LogP contribution in [0.5, 0.6) is 0 Å². The van der Waals surface area contributed by atoms with E-state index in [-0.39, 0.29) is 18.1 Å². The predicted molar refractivity (Wildman–Crippen MR) is 94.9 cm³/mol. The summed E-state index contributed by atoms with van der Waals surface area (Å²) >= 11 is 0. The van der Waals surface area contributed by atoms with Gasteiger partial charge in [0.15, 0.2) is 0 Å². The smallest absolute Gasteiger partial charge is 0.315 e. The Bertz CT molecular complexity index is 567. The molecule has 2 amide bonds. The van der Waals surface area contributed by atoms with Gasteiger partial charge in [0.2, 0.25) is 0 Å². The Morgan fingerprint density at radius 2 is 1.96 bits per heavy atom. The van der Waals surface area contributed by atoms with E-state index < -0.39 is 6.10 Å². The minimum absolute atomic E-state index is 0.168. The number of hydrogen-bond acceptors (Lipinski definition) is 3. The number of amides is 2. The van der Waals surface area contributed by atoms with Gasteiger partial charge < -0.3 is 20.6 Å². The standard InChI is InChI=1S/C19H29N3O2/c1-13(2)12-22-9-7-15(8-10-22)20-19(24)21-18-16-6-4-3-5-14(16)11-17(18)23/h3-6,13,15,17-18,23H,7-12H2,1-2H3,(H2,20,21,24)/t17-,18+/m1/s1. The third kappa shape index (κ3) is 4.08. The van der Waals surface area contributed by atoms with Gasteiger partial charge >= 0.3 is 6.03 Å². The largest absolute Gasteiger partial charge is 0.390 e. The number of rotatable bonds is 4. The molecule has 24 heavy (non-hydrogen) atoms. The molecule has 0 unspecified atom stereocenters. The van der Waals surface area contributed by atoms with Gasteiger partial charge in [0.25, 0.3) is 0 Å². The average molecular weight is 331 g/mol. The number of urea groups is 1. The van der Waals surface area contributed by atoms with E-state index in [9.17, 15) is 9.90 Å². The van der Waals surface area contributed by atoms with E-state index >= 15 is 0 Å². The molecular weight excluding hydrogens is 302 g/mol. The maximum Gasteiger partial charge on any atom is 0.315 e. The van der Waals surface area contributed by atoms with Crippen molar-refractivity contribution in [3.05, 3.63) is 35.4 Å². The van der Waals surface area contributed by atoms with E-state index in [0.29, 0.717) is 12.3 Å². The van der Waals surface area contributed by atoms with Crippen LogP contribution in [0.2, 0.25) is 0 Å². The fraction of sp³-hybridized carbons (Fsp3) is 0.632. The van der Waals surface area contributed by atoms with Gasteiger partial charge in [-0.3, -0.25) is 0 Å². The molecule has 132 valence electrons. The Morgan fingerprint density at radius 3 is 2.67 bits per heavy atom. The van der Waals surface area contributed by atoms with Crippen molar-refractivity contribution < 1.29 is 9.90 Å². The first-order valence-corrected chi connectivity index (χ1v) is 9.08. The lowest BCUT2D eigenvalue weighted by molar-refractivity contribution is 0.139. The van der Waals surface area contributed by atoms with E-state index in [4.69, 9.17) is 0 Å². The SMILES string of the molecule is CC(C)CN1CCC(NC(=O)N[C@H]2c3ccccc3C[C@H]2O)CC1. The molecule has 1 aliphatic carbocycles. The summed E-state index contributed by atoms with van der Waals surface area (Å²) in [6.07, 6.45) is 2.05. The second kappa shape index (κ2) is 7.53. The van der Waals surface area contributed by atoms with Crippen molar-refractivity contribution in [2.75, 3.05) is 19.6 Å². The maximum atomic E-state index is 12.3. The average Bonchev–Trinajstić information content (AvgIpc) is 2.85. The highest BCUT2D eigenvalue weighted by Gasteiger charge is 2.32. The van der Waals surface area contributed by atoms with Crippen LogP contribution in [-0.4, -0.2) is 47.8 Å². The molecule has 0 radical (unpaired) electrons. The summed E-state index contributed by atoms with van der Waals surface area (Å²) in [5.41, 5.74) is 2.16. The molecule has 1 aromatic carbocycles. The molecule has 0 aromatic heterocycles. The number of carbonyl (C=O) groups is 1. The topological polar surface area (TPSA) is 64.6 Å². The van der Waals surface area contributed by atoms with Gasteiger partial charge in [0.1, 0.15) is 0 Å². The second-order valence-corrected chi connectivity index (χ2v) is 7.53. The zero-order valence-electron chi connectivity index (χ0n) is 14.7. The first-order valence-electron chi connectivity index (χ1n) is 9.08. The third-order valence-electron chi connectivity index (χ3n) is 5.04. The van der Waals surface area contributed by atoms with Crippen LogP contribution in [0.15, 0.2) is 24.3 Å². The molecule has 1 fully saturated rings. The number of aliphatic hydroxyl groups is 1. The van der Waals surface area contributed by atoms with Gasteiger partial charge in [-0.15, -0.1) is 0 Å². The van der Waals surface area contributed by atoms with Crippen LogP contribution in [0.25, 0.3) is 0 Å². The Balaban J connectivity index is 1.49. The van der Waals surface area contributed by atoms with Crippen LogP contribution in [-0.2, 0) is 6.42 Å². The molecule has 1 saturated heterocycles. The van der Waals surface area contributed by atoms with Crippen molar-refractivity contribution >= 4 is 6.03 Å². The van der Waals surface area contributed by atoms with E-state index in [1.165, 1.54) is 0 Å². The molecule has 0 saturated carbocycles. The summed E-state index contributed by atoms with van der Waals surface area (Å²) in [6, 6.07) is 7.68. The number of benzene rings is 1. The van der Waals surface area contributed by atoms with Crippen LogP contribution in [0.3, 0.4) is 0 Å². The Kier molecular flexibility index (Phi) is 5.41. The number of nitrogens with zero attached hydrogens (tertiary/aromatic N) is 1. The third-order valence-corrected chi connectivity index (χ3v) is 5.04. The number of nitrogens with one attached hydrogen (secondary N) is 2. The highest BCUT2D eigenvalue weighted by molar-refractivity contribution is 5.75. The van der Waals surface area contributed by atoms with Crippen LogP contribution < -0.4 is 10.6 Å². The fourth-order valence-corrected chi connectivity index (χ4v) is 3.89. The Labute approximate surface area is 144 Å². The molecule has 1 aliphatic heterocycles. The summed E-state index contributed by atoms with van der Waals surface area (Å²) < 4.78 is 0. The Hall–Kier alpha value is -1.59. The maximum absolute atomic E-state index is 12.3. The normalized spacial score (nSPS) is 24.8. The molecule has 1 heterocycles.